The van der Waals surface area contributed by atoms with Crippen LogP contribution in [0.2, 0.25) is 0 Å². The zero-order valence-electron chi connectivity index (χ0n) is 9.47. The fourth-order valence-electron chi connectivity index (χ4n) is 1.75. The fraction of sp³-hybridized carbons (Fsp3) is 0.167. The number of hydrogen-bond acceptors (Lipinski definition) is 4. The van der Waals surface area contributed by atoms with Crippen molar-refractivity contribution in [2.75, 3.05) is 5.32 Å². The predicted octanol–water partition coefficient (Wildman–Crippen LogP) is 2.77. The van der Waals surface area contributed by atoms with Gasteiger partial charge in [-0.1, -0.05) is 18.2 Å². The Morgan fingerprint density at radius 1 is 1.33 bits per heavy atom. The maximum absolute atomic E-state index is 11.7. The van der Waals surface area contributed by atoms with Gasteiger partial charge in [-0.3, -0.25) is 10.4 Å². The van der Waals surface area contributed by atoms with Gasteiger partial charge in [-0.2, -0.15) is 16.9 Å². The van der Waals surface area contributed by atoms with Crippen LogP contribution in [-0.4, -0.2) is 16.3 Å². The van der Waals surface area contributed by atoms with Crippen LogP contribution in [0.25, 0.3) is 0 Å². The number of aromatic nitrogens is 2. The van der Waals surface area contributed by atoms with Crippen LogP contribution in [0.3, 0.4) is 0 Å². The van der Waals surface area contributed by atoms with E-state index in [1.165, 1.54) is 0 Å². The fourth-order valence-corrected chi connectivity index (χ4v) is 2.81. The summed E-state index contributed by atoms with van der Waals surface area (Å²) in [4.78, 5) is 11.7. The first kappa shape index (κ1) is 11.2. The Labute approximate surface area is 108 Å². The van der Waals surface area contributed by atoms with Gasteiger partial charge in [0, 0.05) is 17.1 Å². The van der Waals surface area contributed by atoms with Crippen LogP contribution in [0.4, 0.5) is 10.6 Å². The van der Waals surface area contributed by atoms with Crippen molar-refractivity contribution >= 4 is 23.7 Å². The molecule has 0 atom stereocenters. The molecule has 2 N–H and O–H groups in total. The molecule has 0 fully saturated rings. The third-order valence-electron chi connectivity index (χ3n) is 2.62. The predicted molar refractivity (Wildman–Crippen MR) is 69.7 cm³/mol. The average Bonchev–Trinajstić information content (AvgIpc) is 2.95. The van der Waals surface area contributed by atoms with Gasteiger partial charge < -0.3 is 4.74 Å². The van der Waals surface area contributed by atoms with E-state index in [4.69, 9.17) is 4.74 Å². The summed E-state index contributed by atoms with van der Waals surface area (Å²) >= 11 is 1.79. The molecule has 6 heteroatoms. The number of aromatic amines is 1. The van der Waals surface area contributed by atoms with Gasteiger partial charge in [0.05, 0.1) is 5.69 Å². The molecule has 0 saturated carbocycles. The quantitative estimate of drug-likeness (QED) is 0.872. The lowest BCUT2D eigenvalue weighted by Crippen LogP contribution is -2.17. The third-order valence-corrected chi connectivity index (χ3v) is 3.61. The highest BCUT2D eigenvalue weighted by Crippen LogP contribution is 2.32. The number of amides is 1. The molecule has 2 heterocycles. The second kappa shape index (κ2) is 4.73. The van der Waals surface area contributed by atoms with E-state index >= 15 is 0 Å². The molecule has 2 aromatic rings. The number of rotatable bonds is 2. The summed E-state index contributed by atoms with van der Waals surface area (Å²) in [5.41, 5.74) is 2.14. The van der Waals surface area contributed by atoms with Crippen molar-refractivity contribution in [3.05, 3.63) is 41.6 Å². The van der Waals surface area contributed by atoms with Crippen LogP contribution >= 0.6 is 11.8 Å². The molecule has 1 aliphatic rings. The second-order valence-electron chi connectivity index (χ2n) is 3.85. The van der Waals surface area contributed by atoms with E-state index in [2.05, 4.69) is 15.5 Å². The van der Waals surface area contributed by atoms with Crippen LogP contribution in [0, 0.1) is 0 Å². The first-order chi connectivity index (χ1) is 8.83. The molecule has 1 aliphatic heterocycles. The standard InChI is InChI=1S/C12H11N3O2S/c16-12(17-8-4-2-1-3-5-8)13-11-9-6-18-7-10(9)14-15-11/h1-5H,6-7H2,(H2,13,14,15,16). The molecule has 1 aromatic carbocycles. The Kier molecular flexibility index (Phi) is 2.93. The number of H-pyrrole nitrogens is 1. The Hall–Kier alpha value is -1.95. The summed E-state index contributed by atoms with van der Waals surface area (Å²) in [6.07, 6.45) is -0.521. The molecule has 1 aromatic heterocycles. The van der Waals surface area contributed by atoms with Gasteiger partial charge in [0.1, 0.15) is 5.75 Å². The summed E-state index contributed by atoms with van der Waals surface area (Å²) in [6, 6.07) is 8.94. The number of hydrogen-bond donors (Lipinski definition) is 2. The molecule has 0 unspecified atom stereocenters. The first-order valence-electron chi connectivity index (χ1n) is 5.50. The first-order valence-corrected chi connectivity index (χ1v) is 6.66. The monoisotopic (exact) mass is 261 g/mol. The highest BCUT2D eigenvalue weighted by atomic mass is 32.2. The van der Waals surface area contributed by atoms with E-state index in [0.29, 0.717) is 11.6 Å². The van der Waals surface area contributed by atoms with E-state index in [-0.39, 0.29) is 0 Å². The van der Waals surface area contributed by atoms with Crippen molar-refractivity contribution in [2.24, 2.45) is 0 Å². The van der Waals surface area contributed by atoms with Crippen molar-refractivity contribution in [1.82, 2.24) is 10.2 Å². The van der Waals surface area contributed by atoms with Gasteiger partial charge in [-0.25, -0.2) is 4.79 Å². The third kappa shape index (κ3) is 2.19. The topological polar surface area (TPSA) is 67.0 Å². The van der Waals surface area contributed by atoms with Gasteiger partial charge >= 0.3 is 6.09 Å². The second-order valence-corrected chi connectivity index (χ2v) is 4.84. The smallest absolute Gasteiger partial charge is 0.410 e. The molecule has 1 amide bonds. The molecule has 92 valence electrons. The number of ether oxygens (including phenoxy) is 1. The summed E-state index contributed by atoms with van der Waals surface area (Å²) in [6.45, 7) is 0. The number of thioether (sulfide) groups is 1. The lowest BCUT2D eigenvalue weighted by molar-refractivity contribution is 0.215. The summed E-state index contributed by atoms with van der Waals surface area (Å²) < 4.78 is 5.14. The largest absolute Gasteiger partial charge is 0.418 e. The number of nitrogens with zero attached hydrogens (tertiary/aromatic N) is 1. The minimum absolute atomic E-state index is 0.511. The van der Waals surface area contributed by atoms with Crippen LogP contribution in [0.15, 0.2) is 30.3 Å². The van der Waals surface area contributed by atoms with Gasteiger partial charge in [0.15, 0.2) is 5.82 Å². The van der Waals surface area contributed by atoms with Gasteiger partial charge in [-0.05, 0) is 12.1 Å². The lowest BCUT2D eigenvalue weighted by atomic mass is 10.3. The maximum Gasteiger partial charge on any atom is 0.418 e. The van der Waals surface area contributed by atoms with Crippen molar-refractivity contribution in [3.8, 4) is 5.75 Å². The lowest BCUT2D eigenvalue weighted by Gasteiger charge is -2.04. The van der Waals surface area contributed by atoms with Crippen LogP contribution in [0.5, 0.6) is 5.75 Å². The highest BCUT2D eigenvalue weighted by molar-refractivity contribution is 7.98. The van der Waals surface area contributed by atoms with E-state index in [9.17, 15) is 4.79 Å². The van der Waals surface area contributed by atoms with Crippen molar-refractivity contribution < 1.29 is 9.53 Å². The average molecular weight is 261 g/mol. The molecule has 0 bridgehead atoms. The van der Waals surface area contributed by atoms with Gasteiger partial charge in [-0.15, -0.1) is 0 Å². The molecule has 0 radical (unpaired) electrons. The molecule has 0 spiro atoms. The van der Waals surface area contributed by atoms with E-state index in [1.54, 1.807) is 23.9 Å². The van der Waals surface area contributed by atoms with Gasteiger partial charge in [0.2, 0.25) is 0 Å². The van der Waals surface area contributed by atoms with Crippen molar-refractivity contribution in [1.29, 1.82) is 0 Å². The molecular weight excluding hydrogens is 250 g/mol. The zero-order valence-corrected chi connectivity index (χ0v) is 10.3. The highest BCUT2D eigenvalue weighted by Gasteiger charge is 2.20. The number of carbonyl (C=O) groups is 1. The molecule has 3 rings (SSSR count). The van der Waals surface area contributed by atoms with Crippen LogP contribution < -0.4 is 10.1 Å². The normalized spacial score (nSPS) is 13.1. The summed E-state index contributed by atoms with van der Waals surface area (Å²) in [5, 5.41) is 9.64. The molecule has 5 nitrogen and oxygen atoms in total. The van der Waals surface area contributed by atoms with E-state index in [1.807, 2.05) is 18.2 Å². The number of benzene rings is 1. The number of para-hydroxylation sites is 1. The number of carbonyl (C=O) groups excluding carboxylic acids is 1. The Morgan fingerprint density at radius 3 is 3.00 bits per heavy atom. The Morgan fingerprint density at radius 2 is 2.17 bits per heavy atom. The number of fused-ring (bicyclic) bond motifs is 1. The van der Waals surface area contributed by atoms with Crippen molar-refractivity contribution in [3.63, 3.8) is 0 Å². The van der Waals surface area contributed by atoms with Crippen LogP contribution in [-0.2, 0) is 11.5 Å². The van der Waals surface area contributed by atoms with Gasteiger partial charge in [0.25, 0.3) is 0 Å². The molecule has 0 saturated heterocycles. The minimum Gasteiger partial charge on any atom is -0.410 e. The molecule has 18 heavy (non-hydrogen) atoms. The van der Waals surface area contributed by atoms with E-state index in [0.717, 1.165) is 22.8 Å². The van der Waals surface area contributed by atoms with Crippen LogP contribution in [0.1, 0.15) is 11.3 Å². The maximum atomic E-state index is 11.7. The Balaban J connectivity index is 1.68. The Bertz CT molecular complexity index is 568. The van der Waals surface area contributed by atoms with Crippen molar-refractivity contribution in [2.45, 2.75) is 11.5 Å². The molecular formula is C12H11N3O2S. The summed E-state index contributed by atoms with van der Waals surface area (Å²) in [7, 11) is 0. The SMILES string of the molecule is O=C(Nc1n[nH]c2c1CSC2)Oc1ccccc1. The zero-order chi connectivity index (χ0) is 12.4. The minimum atomic E-state index is -0.521. The summed E-state index contributed by atoms with van der Waals surface area (Å²) in [5.74, 6) is 2.86. The molecule has 0 aliphatic carbocycles. The number of anilines is 1. The number of nitrogens with one attached hydrogen (secondary N) is 2. The van der Waals surface area contributed by atoms with E-state index < -0.39 is 6.09 Å².